The molecule has 0 spiro atoms. The van der Waals surface area contributed by atoms with Gasteiger partial charge in [-0.25, -0.2) is 14.4 Å². The molecule has 1 unspecified atom stereocenters. The summed E-state index contributed by atoms with van der Waals surface area (Å²) in [4.78, 5) is 41.2. The van der Waals surface area contributed by atoms with E-state index in [1.807, 2.05) is 6.07 Å². The molecule has 212 valence electrons. The van der Waals surface area contributed by atoms with Gasteiger partial charge in [0.25, 0.3) is 5.91 Å². The number of amides is 2. The van der Waals surface area contributed by atoms with Crippen molar-refractivity contribution in [2.75, 3.05) is 19.7 Å². The van der Waals surface area contributed by atoms with Gasteiger partial charge >= 0.3 is 0 Å². The first-order valence-corrected chi connectivity index (χ1v) is 13.7. The first-order chi connectivity index (χ1) is 19.2. The number of hydrogen-bond acceptors (Lipinski definition) is 8. The van der Waals surface area contributed by atoms with Gasteiger partial charge in [-0.3, -0.25) is 9.59 Å². The number of halogens is 1. The van der Waals surface area contributed by atoms with Crippen LogP contribution in [0.15, 0.2) is 29.4 Å². The van der Waals surface area contributed by atoms with Gasteiger partial charge in [-0.05, 0) is 55.9 Å². The van der Waals surface area contributed by atoms with Gasteiger partial charge in [0.2, 0.25) is 5.91 Å². The van der Waals surface area contributed by atoms with Crippen LogP contribution in [0.5, 0.6) is 5.75 Å². The van der Waals surface area contributed by atoms with Crippen molar-refractivity contribution in [3.05, 3.63) is 52.9 Å². The van der Waals surface area contributed by atoms with Crippen molar-refractivity contribution in [1.29, 1.82) is 5.26 Å². The number of likely N-dealkylation sites (tertiary alicyclic amines) is 1. The molecule has 11 heteroatoms. The summed E-state index contributed by atoms with van der Waals surface area (Å²) in [5.74, 6) is 0.317. The van der Waals surface area contributed by atoms with Crippen molar-refractivity contribution >= 4 is 17.5 Å². The lowest BCUT2D eigenvalue weighted by molar-refractivity contribution is -0.132. The Hall–Kier alpha value is -4.07. The molecule has 0 radical (unpaired) electrons. The number of oxime groups is 1. The van der Waals surface area contributed by atoms with E-state index >= 15 is 0 Å². The summed E-state index contributed by atoms with van der Waals surface area (Å²) in [6.07, 6.45) is 2.67. The Morgan fingerprint density at radius 3 is 2.75 bits per heavy atom. The van der Waals surface area contributed by atoms with E-state index in [9.17, 15) is 14.0 Å². The first-order valence-electron chi connectivity index (χ1n) is 13.7. The van der Waals surface area contributed by atoms with Gasteiger partial charge in [-0.1, -0.05) is 25.1 Å². The average molecular weight is 551 g/mol. The maximum absolute atomic E-state index is 14.1. The Morgan fingerprint density at radius 2 is 2.02 bits per heavy atom. The van der Waals surface area contributed by atoms with Gasteiger partial charge < -0.3 is 19.8 Å². The van der Waals surface area contributed by atoms with Crippen LogP contribution in [-0.4, -0.2) is 58.2 Å². The van der Waals surface area contributed by atoms with Crippen LogP contribution in [0.1, 0.15) is 73.5 Å². The Balaban J connectivity index is 1.33. The molecule has 2 aliphatic rings. The molecule has 1 saturated heterocycles. The van der Waals surface area contributed by atoms with Gasteiger partial charge in [-0.2, -0.15) is 5.26 Å². The highest BCUT2D eigenvalue weighted by Gasteiger charge is 2.34. The molecule has 0 bridgehead atoms. The number of carbonyl (C=O) groups excluding carboxylic acids is 2. The van der Waals surface area contributed by atoms with Crippen LogP contribution in [0.25, 0.3) is 0 Å². The lowest BCUT2D eigenvalue weighted by Crippen LogP contribution is -2.41. The highest BCUT2D eigenvalue weighted by molar-refractivity contribution is 6.02. The lowest BCUT2D eigenvalue weighted by Gasteiger charge is -2.33. The minimum Gasteiger partial charge on any atom is -0.490 e. The van der Waals surface area contributed by atoms with Crippen molar-refractivity contribution in [3.63, 3.8) is 0 Å². The molecule has 1 aromatic carbocycles. The maximum Gasteiger partial charge on any atom is 0.270 e. The van der Waals surface area contributed by atoms with Gasteiger partial charge in [0.15, 0.2) is 11.6 Å². The summed E-state index contributed by atoms with van der Waals surface area (Å²) < 4.78 is 19.7. The maximum atomic E-state index is 14.1. The summed E-state index contributed by atoms with van der Waals surface area (Å²) >= 11 is 0. The predicted molar refractivity (Wildman–Crippen MR) is 145 cm³/mol. The second kappa shape index (κ2) is 13.3. The molecular formula is C29H35FN6O4. The van der Waals surface area contributed by atoms with Crippen molar-refractivity contribution in [2.24, 2.45) is 17.0 Å². The van der Waals surface area contributed by atoms with Crippen molar-refractivity contribution in [3.8, 4) is 11.8 Å². The number of hydrogen-bond donors (Lipinski definition) is 1. The number of ether oxygens (including phenoxy) is 1. The van der Waals surface area contributed by atoms with E-state index in [0.717, 1.165) is 19.3 Å². The lowest BCUT2D eigenvalue weighted by atomic mass is 9.88. The molecule has 1 N–H and O–H groups in total. The van der Waals surface area contributed by atoms with Gasteiger partial charge in [0, 0.05) is 32.0 Å². The molecule has 1 atom stereocenters. The molecule has 1 fully saturated rings. The largest absolute Gasteiger partial charge is 0.490 e. The van der Waals surface area contributed by atoms with Crippen molar-refractivity contribution in [2.45, 2.75) is 65.5 Å². The number of benzene rings is 1. The Bertz CT molecular complexity index is 1300. The van der Waals surface area contributed by atoms with E-state index in [1.165, 1.54) is 6.07 Å². The number of rotatable bonds is 10. The van der Waals surface area contributed by atoms with Crippen LogP contribution in [0.4, 0.5) is 4.39 Å². The van der Waals surface area contributed by atoms with E-state index < -0.39 is 5.82 Å². The third-order valence-corrected chi connectivity index (χ3v) is 7.11. The van der Waals surface area contributed by atoms with Crippen molar-refractivity contribution < 1.29 is 23.6 Å². The number of aryl methyl sites for hydroxylation is 1. The first kappa shape index (κ1) is 28.9. The summed E-state index contributed by atoms with van der Waals surface area (Å²) in [7, 11) is 0. The van der Waals surface area contributed by atoms with Crippen LogP contribution >= 0.6 is 0 Å². The third kappa shape index (κ3) is 7.52. The average Bonchev–Trinajstić information content (AvgIpc) is 3.43. The molecule has 40 heavy (non-hydrogen) atoms. The minimum atomic E-state index is -0.439. The van der Waals surface area contributed by atoms with Crippen molar-refractivity contribution in [1.82, 2.24) is 20.2 Å². The highest BCUT2D eigenvalue weighted by Crippen LogP contribution is 2.29. The molecule has 0 aliphatic carbocycles. The highest BCUT2D eigenvalue weighted by atomic mass is 19.1. The number of nitriles is 1. The normalized spacial score (nSPS) is 17.2. The van der Waals surface area contributed by atoms with Gasteiger partial charge in [-0.15, -0.1) is 0 Å². The smallest absolute Gasteiger partial charge is 0.270 e. The summed E-state index contributed by atoms with van der Waals surface area (Å²) in [6.45, 7) is 7.65. The second-order valence-corrected chi connectivity index (χ2v) is 10.6. The van der Waals surface area contributed by atoms with E-state index in [2.05, 4.69) is 34.3 Å². The summed E-state index contributed by atoms with van der Waals surface area (Å²) in [5, 5.41) is 15.8. The van der Waals surface area contributed by atoms with E-state index in [0.29, 0.717) is 54.8 Å². The number of nitrogens with one attached hydrogen (secondary N) is 1. The quantitative estimate of drug-likeness (QED) is 0.474. The fraction of sp³-hybridized carbons (Fsp3) is 0.517. The molecule has 2 aromatic rings. The number of piperidine rings is 1. The molecule has 3 heterocycles. The van der Waals surface area contributed by atoms with E-state index in [4.69, 9.17) is 14.8 Å². The predicted octanol–water partition coefficient (Wildman–Crippen LogP) is 3.92. The van der Waals surface area contributed by atoms with Crippen LogP contribution in [0.2, 0.25) is 0 Å². The fourth-order valence-corrected chi connectivity index (χ4v) is 4.78. The monoisotopic (exact) mass is 550 g/mol. The van der Waals surface area contributed by atoms with E-state index in [-0.39, 0.29) is 48.2 Å². The summed E-state index contributed by atoms with van der Waals surface area (Å²) in [5.41, 5.74) is 2.09. The molecule has 10 nitrogen and oxygen atoms in total. The third-order valence-electron chi connectivity index (χ3n) is 7.11. The zero-order valence-corrected chi connectivity index (χ0v) is 23.2. The summed E-state index contributed by atoms with van der Waals surface area (Å²) in [6, 6.07) is 8.05. The Morgan fingerprint density at radius 1 is 1.25 bits per heavy atom. The van der Waals surface area contributed by atoms with Gasteiger partial charge in [0.1, 0.15) is 29.8 Å². The Kier molecular flexibility index (Phi) is 9.64. The second-order valence-electron chi connectivity index (χ2n) is 10.6. The van der Waals surface area contributed by atoms with Crippen LogP contribution in [0.3, 0.4) is 0 Å². The molecule has 2 aliphatic heterocycles. The van der Waals surface area contributed by atoms with Crippen LogP contribution < -0.4 is 10.1 Å². The van der Waals surface area contributed by atoms with Crippen LogP contribution in [-0.2, 0) is 16.2 Å². The Labute approximate surface area is 233 Å². The zero-order chi connectivity index (χ0) is 28.6. The topological polar surface area (TPSA) is 130 Å². The molecular weight excluding hydrogens is 515 g/mol. The van der Waals surface area contributed by atoms with Crippen LogP contribution in [0, 0.1) is 35.9 Å². The molecule has 4 rings (SSSR count). The van der Waals surface area contributed by atoms with Gasteiger partial charge in [0.05, 0.1) is 18.4 Å². The van der Waals surface area contributed by atoms with E-state index in [1.54, 1.807) is 30.0 Å². The minimum absolute atomic E-state index is 0.0986. The number of carbonyl (C=O) groups is 2. The molecule has 0 saturated carbocycles. The molecule has 2 amide bonds. The SMILES string of the molecule is Cc1nc(C(=O)NCc2ccc(F)c(OCCC(C)C)c2)cc(C2=NOC(C3CCN(C(=O)CC#N)CC3)C2)n1. The zero-order valence-electron chi connectivity index (χ0n) is 23.2. The number of nitrogens with zero attached hydrogens (tertiary/aromatic N) is 5. The molecule has 1 aromatic heterocycles. The number of aromatic nitrogens is 2. The standard InChI is InChI=1S/C29H35FN6O4/c1-18(2)9-13-39-27-14-20(4-5-22(27)30)17-32-29(38)25-15-23(33-19(3)34-25)24-16-26(40-35-24)21-7-11-36(12-8-21)28(37)6-10-31/h4-5,14-15,18,21,26H,6-9,11-13,16-17H2,1-3H3,(H,32,38). The fourth-order valence-electron chi connectivity index (χ4n) is 4.78.